The van der Waals surface area contributed by atoms with Crippen LogP contribution in [0.5, 0.6) is 0 Å². The van der Waals surface area contributed by atoms with Gasteiger partial charge in [0.2, 0.25) is 0 Å². The molecule has 1 rings (SSSR count). The molecule has 88 valence electrons. The first-order chi connectivity index (χ1) is 7.41. The molecule has 0 radical (unpaired) electrons. The molecule has 1 aromatic rings. The smallest absolute Gasteiger partial charge is 0.307 e. The zero-order chi connectivity index (χ0) is 12.3. The summed E-state index contributed by atoms with van der Waals surface area (Å²) in [5.74, 6) is -1.23. The monoisotopic (exact) mass is 259 g/mol. The Labute approximate surface area is 104 Å². The number of nitrogens with two attached hydrogens (primary N) is 1. The first-order valence-corrected chi connectivity index (χ1v) is 6.12. The van der Waals surface area contributed by atoms with Crippen molar-refractivity contribution in [3.8, 4) is 0 Å². The van der Waals surface area contributed by atoms with E-state index >= 15 is 0 Å². The summed E-state index contributed by atoms with van der Waals surface area (Å²) in [5.41, 5.74) is 6.41. The Morgan fingerprint density at radius 1 is 1.50 bits per heavy atom. The van der Waals surface area contributed by atoms with Gasteiger partial charge in [-0.3, -0.25) is 4.79 Å². The van der Waals surface area contributed by atoms with E-state index in [1.165, 1.54) is 11.8 Å². The molecule has 0 heterocycles. The fourth-order valence-corrected chi connectivity index (χ4v) is 2.47. The zero-order valence-electron chi connectivity index (χ0n) is 9.11. The van der Waals surface area contributed by atoms with Crippen LogP contribution in [0.1, 0.15) is 13.8 Å². The van der Waals surface area contributed by atoms with Crippen LogP contribution in [0.2, 0.25) is 5.02 Å². The van der Waals surface area contributed by atoms with Crippen molar-refractivity contribution in [3.63, 3.8) is 0 Å². The molecular weight excluding hydrogens is 246 g/mol. The number of rotatable bonds is 4. The highest BCUT2D eigenvalue weighted by atomic mass is 35.5. The summed E-state index contributed by atoms with van der Waals surface area (Å²) in [5, 5.41) is 9.43. The highest BCUT2D eigenvalue weighted by Gasteiger charge is 2.21. The van der Waals surface area contributed by atoms with E-state index in [0.29, 0.717) is 10.7 Å². The molecule has 0 saturated carbocycles. The summed E-state index contributed by atoms with van der Waals surface area (Å²) in [6.07, 6.45) is 0. The van der Waals surface area contributed by atoms with Gasteiger partial charge in [0.1, 0.15) is 0 Å². The highest BCUT2D eigenvalue weighted by Crippen LogP contribution is 2.33. The van der Waals surface area contributed by atoms with E-state index in [1.807, 2.05) is 6.92 Å². The third kappa shape index (κ3) is 3.32. The molecule has 0 bridgehead atoms. The zero-order valence-corrected chi connectivity index (χ0v) is 10.7. The Morgan fingerprint density at radius 3 is 2.69 bits per heavy atom. The molecule has 3 N–H and O–H groups in total. The average molecular weight is 260 g/mol. The molecular formula is C11H14ClNO2S. The molecule has 16 heavy (non-hydrogen) atoms. The Morgan fingerprint density at radius 2 is 2.12 bits per heavy atom. The van der Waals surface area contributed by atoms with Crippen LogP contribution in [0, 0.1) is 5.92 Å². The van der Waals surface area contributed by atoms with Crippen LogP contribution in [-0.4, -0.2) is 16.3 Å². The molecule has 5 heteroatoms. The van der Waals surface area contributed by atoms with Crippen molar-refractivity contribution in [1.29, 1.82) is 0 Å². The molecule has 0 aliphatic heterocycles. The predicted molar refractivity (Wildman–Crippen MR) is 68.0 cm³/mol. The van der Waals surface area contributed by atoms with Crippen molar-refractivity contribution in [2.24, 2.45) is 5.92 Å². The van der Waals surface area contributed by atoms with E-state index in [0.717, 1.165) is 4.90 Å². The Bertz CT molecular complexity index is 398. The van der Waals surface area contributed by atoms with Crippen LogP contribution in [0.4, 0.5) is 5.69 Å². The number of nitrogen functional groups attached to an aromatic ring is 1. The number of benzene rings is 1. The maximum Gasteiger partial charge on any atom is 0.307 e. The first kappa shape index (κ1) is 13.2. The minimum Gasteiger partial charge on any atom is -0.481 e. The van der Waals surface area contributed by atoms with Crippen LogP contribution in [0.15, 0.2) is 23.1 Å². The van der Waals surface area contributed by atoms with Crippen LogP contribution >= 0.6 is 23.4 Å². The molecule has 0 aromatic heterocycles. The van der Waals surface area contributed by atoms with Gasteiger partial charge in [-0.2, -0.15) is 0 Å². The number of carboxylic acids is 1. The lowest BCUT2D eigenvalue weighted by Crippen LogP contribution is -2.20. The van der Waals surface area contributed by atoms with Crippen molar-refractivity contribution in [2.45, 2.75) is 24.0 Å². The summed E-state index contributed by atoms with van der Waals surface area (Å²) >= 11 is 7.29. The maximum absolute atomic E-state index is 10.8. The topological polar surface area (TPSA) is 63.3 Å². The SMILES string of the molecule is CC(Sc1cc(Cl)ccc1N)C(C)C(=O)O. The average Bonchev–Trinajstić information content (AvgIpc) is 2.22. The third-order valence-electron chi connectivity index (χ3n) is 2.38. The summed E-state index contributed by atoms with van der Waals surface area (Å²) in [6, 6.07) is 5.20. The lowest BCUT2D eigenvalue weighted by Gasteiger charge is -2.16. The van der Waals surface area contributed by atoms with Gasteiger partial charge in [0.25, 0.3) is 0 Å². The lowest BCUT2D eigenvalue weighted by molar-refractivity contribution is -0.140. The van der Waals surface area contributed by atoms with Gasteiger partial charge in [0, 0.05) is 20.9 Å². The van der Waals surface area contributed by atoms with Crippen molar-refractivity contribution in [3.05, 3.63) is 23.2 Å². The molecule has 0 fully saturated rings. The second kappa shape index (κ2) is 5.46. The summed E-state index contributed by atoms with van der Waals surface area (Å²) in [7, 11) is 0. The van der Waals surface area contributed by atoms with Crippen molar-refractivity contribution in [1.82, 2.24) is 0 Å². The standard InChI is InChI=1S/C11H14ClNO2S/c1-6(11(14)15)7(2)16-10-5-8(12)3-4-9(10)13/h3-7H,13H2,1-2H3,(H,14,15). The van der Waals surface area contributed by atoms with Crippen LogP contribution in [-0.2, 0) is 4.79 Å². The Hall–Kier alpha value is -0.870. The van der Waals surface area contributed by atoms with Gasteiger partial charge >= 0.3 is 5.97 Å². The Balaban J connectivity index is 2.80. The second-order valence-corrected chi connectivity index (χ2v) is 5.49. The van der Waals surface area contributed by atoms with Crippen LogP contribution in [0.3, 0.4) is 0 Å². The van der Waals surface area contributed by atoms with Crippen LogP contribution < -0.4 is 5.73 Å². The fraction of sp³-hybridized carbons (Fsp3) is 0.364. The summed E-state index contributed by atoms with van der Waals surface area (Å²) < 4.78 is 0. The highest BCUT2D eigenvalue weighted by molar-refractivity contribution is 8.00. The molecule has 2 unspecified atom stereocenters. The molecule has 0 aliphatic carbocycles. The van der Waals surface area contributed by atoms with Crippen molar-refractivity contribution in [2.75, 3.05) is 5.73 Å². The van der Waals surface area contributed by atoms with E-state index in [2.05, 4.69) is 0 Å². The predicted octanol–water partition coefficient (Wildman–Crippen LogP) is 3.12. The Kier molecular flexibility index (Phi) is 4.50. The molecule has 0 amide bonds. The maximum atomic E-state index is 10.8. The van der Waals surface area contributed by atoms with E-state index in [1.54, 1.807) is 25.1 Å². The molecule has 0 spiro atoms. The summed E-state index contributed by atoms with van der Waals surface area (Å²) in [4.78, 5) is 11.6. The number of anilines is 1. The minimum atomic E-state index is -0.805. The normalized spacial score (nSPS) is 14.4. The van der Waals surface area contributed by atoms with Gasteiger partial charge in [-0.15, -0.1) is 11.8 Å². The fourth-order valence-electron chi connectivity index (χ4n) is 1.11. The number of aliphatic carboxylic acids is 1. The molecule has 2 atom stereocenters. The lowest BCUT2D eigenvalue weighted by atomic mass is 10.1. The number of carbonyl (C=O) groups is 1. The molecule has 0 saturated heterocycles. The van der Waals surface area contributed by atoms with E-state index < -0.39 is 11.9 Å². The molecule has 1 aromatic carbocycles. The van der Waals surface area contributed by atoms with Gasteiger partial charge in [-0.05, 0) is 18.2 Å². The van der Waals surface area contributed by atoms with Crippen LogP contribution in [0.25, 0.3) is 0 Å². The minimum absolute atomic E-state index is 0.0572. The number of carboxylic acid groups (broad SMARTS) is 1. The number of halogens is 1. The second-order valence-electron chi connectivity index (χ2n) is 3.63. The van der Waals surface area contributed by atoms with E-state index in [4.69, 9.17) is 22.4 Å². The quantitative estimate of drug-likeness (QED) is 0.644. The van der Waals surface area contributed by atoms with E-state index in [9.17, 15) is 4.79 Å². The van der Waals surface area contributed by atoms with Gasteiger partial charge < -0.3 is 10.8 Å². The largest absolute Gasteiger partial charge is 0.481 e. The van der Waals surface area contributed by atoms with Gasteiger partial charge in [-0.25, -0.2) is 0 Å². The molecule has 3 nitrogen and oxygen atoms in total. The van der Waals surface area contributed by atoms with Crippen molar-refractivity contribution < 1.29 is 9.90 Å². The van der Waals surface area contributed by atoms with E-state index in [-0.39, 0.29) is 5.25 Å². The van der Waals surface area contributed by atoms with Crippen molar-refractivity contribution >= 4 is 35.0 Å². The molecule has 0 aliphatic rings. The van der Waals surface area contributed by atoms with Gasteiger partial charge in [-0.1, -0.05) is 25.4 Å². The number of thioether (sulfide) groups is 1. The summed E-state index contributed by atoms with van der Waals surface area (Å²) in [6.45, 7) is 3.55. The first-order valence-electron chi connectivity index (χ1n) is 4.86. The number of hydrogen-bond donors (Lipinski definition) is 2. The number of hydrogen-bond acceptors (Lipinski definition) is 3. The van der Waals surface area contributed by atoms with Gasteiger partial charge in [0.05, 0.1) is 5.92 Å². The van der Waals surface area contributed by atoms with Gasteiger partial charge in [0.15, 0.2) is 0 Å². The third-order valence-corrected chi connectivity index (χ3v) is 4.00.